The molecule has 0 spiro atoms. The topological polar surface area (TPSA) is 45.2 Å². The van der Waals surface area contributed by atoms with Crippen LogP contribution in [0.1, 0.15) is 5.56 Å². The Morgan fingerprint density at radius 2 is 1.96 bits per heavy atom. The van der Waals surface area contributed by atoms with E-state index in [1.165, 1.54) is 0 Å². The van der Waals surface area contributed by atoms with Gasteiger partial charge in [0.2, 0.25) is 0 Å². The Hall–Kier alpha value is -2.30. The van der Waals surface area contributed by atoms with Crippen LogP contribution < -0.4 is 10.2 Å². The third-order valence-electron chi connectivity index (χ3n) is 3.85. The number of urea groups is 1. The number of aromatic nitrogens is 1. The number of benzene rings is 2. The summed E-state index contributed by atoms with van der Waals surface area (Å²) in [5.41, 5.74) is 3.36. The van der Waals surface area contributed by atoms with Crippen molar-refractivity contribution < 1.29 is 4.79 Å². The smallest absolute Gasteiger partial charge is 0.307 e. The second-order valence-corrected chi connectivity index (χ2v) is 6.11. The van der Waals surface area contributed by atoms with Gasteiger partial charge in [0.25, 0.3) is 0 Å². The molecule has 3 aromatic rings. The largest absolute Gasteiger partial charge is 0.326 e. The van der Waals surface area contributed by atoms with Gasteiger partial charge in [-0.05, 0) is 35.9 Å². The normalized spacial score (nSPS) is 13.3. The molecule has 4 nitrogen and oxygen atoms in total. The average Bonchev–Trinajstić information content (AvgIpc) is 2.55. The van der Waals surface area contributed by atoms with Crippen LogP contribution in [0, 0.1) is 0 Å². The maximum atomic E-state index is 12.5. The van der Waals surface area contributed by atoms with Crippen molar-refractivity contribution in [3.8, 4) is 0 Å². The Labute approximate surface area is 142 Å². The van der Waals surface area contributed by atoms with Gasteiger partial charge in [0.15, 0.2) is 0 Å². The zero-order valence-corrected chi connectivity index (χ0v) is 13.4. The third kappa shape index (κ3) is 2.40. The van der Waals surface area contributed by atoms with Crippen LogP contribution in [0.5, 0.6) is 0 Å². The number of hydrogen-bond acceptors (Lipinski definition) is 2. The van der Waals surface area contributed by atoms with E-state index in [4.69, 9.17) is 23.2 Å². The summed E-state index contributed by atoms with van der Waals surface area (Å²) in [4.78, 5) is 18.5. The van der Waals surface area contributed by atoms with Gasteiger partial charge in [0.1, 0.15) is 0 Å². The summed E-state index contributed by atoms with van der Waals surface area (Å²) in [6, 6.07) is 12.7. The van der Waals surface area contributed by atoms with Crippen molar-refractivity contribution in [2.75, 3.05) is 10.2 Å². The van der Waals surface area contributed by atoms with Gasteiger partial charge in [0, 0.05) is 11.6 Å². The fourth-order valence-corrected chi connectivity index (χ4v) is 3.11. The van der Waals surface area contributed by atoms with Crippen LogP contribution in [0.3, 0.4) is 0 Å². The Morgan fingerprint density at radius 1 is 1.09 bits per heavy atom. The van der Waals surface area contributed by atoms with E-state index in [9.17, 15) is 4.79 Å². The zero-order chi connectivity index (χ0) is 16.0. The molecule has 2 heterocycles. The molecule has 1 aromatic heterocycles. The van der Waals surface area contributed by atoms with Crippen molar-refractivity contribution in [1.29, 1.82) is 0 Å². The van der Waals surface area contributed by atoms with E-state index in [0.717, 1.165) is 27.8 Å². The monoisotopic (exact) mass is 343 g/mol. The van der Waals surface area contributed by atoms with Crippen LogP contribution in [-0.2, 0) is 6.54 Å². The molecule has 0 radical (unpaired) electrons. The molecule has 0 atom stereocenters. The molecule has 6 heteroatoms. The number of carbonyl (C=O) groups is 1. The van der Waals surface area contributed by atoms with Gasteiger partial charge in [-0.15, -0.1) is 0 Å². The first-order valence-corrected chi connectivity index (χ1v) is 7.79. The highest BCUT2D eigenvalue weighted by molar-refractivity contribution is 6.42. The van der Waals surface area contributed by atoms with Crippen LogP contribution >= 0.6 is 23.2 Å². The summed E-state index contributed by atoms with van der Waals surface area (Å²) < 4.78 is 0. The Kier molecular flexibility index (Phi) is 3.36. The van der Waals surface area contributed by atoms with Gasteiger partial charge in [-0.3, -0.25) is 9.88 Å². The first-order chi connectivity index (χ1) is 11.1. The lowest BCUT2D eigenvalue weighted by Gasteiger charge is -2.29. The van der Waals surface area contributed by atoms with Gasteiger partial charge in [-0.1, -0.05) is 35.3 Å². The Bertz CT molecular complexity index is 937. The van der Waals surface area contributed by atoms with Gasteiger partial charge < -0.3 is 5.32 Å². The van der Waals surface area contributed by atoms with Crippen molar-refractivity contribution in [2.24, 2.45) is 0 Å². The molecular formula is C17H11Cl2N3O. The number of pyridine rings is 1. The molecule has 114 valence electrons. The van der Waals surface area contributed by atoms with Crippen LogP contribution in [0.4, 0.5) is 16.2 Å². The van der Waals surface area contributed by atoms with Gasteiger partial charge in [-0.25, -0.2) is 4.79 Å². The minimum absolute atomic E-state index is 0.178. The first kappa shape index (κ1) is 14.3. The van der Waals surface area contributed by atoms with E-state index in [-0.39, 0.29) is 6.03 Å². The molecular weight excluding hydrogens is 333 g/mol. The number of halogens is 2. The maximum Gasteiger partial charge on any atom is 0.326 e. The van der Waals surface area contributed by atoms with Crippen LogP contribution in [0.25, 0.3) is 10.9 Å². The lowest BCUT2D eigenvalue weighted by Crippen LogP contribution is -2.37. The number of nitrogens with zero attached hydrogens (tertiary/aromatic N) is 2. The number of carbonyl (C=O) groups excluding carboxylic acids is 1. The molecule has 0 aliphatic carbocycles. The molecule has 2 amide bonds. The second kappa shape index (κ2) is 5.41. The van der Waals surface area contributed by atoms with E-state index < -0.39 is 0 Å². The SMILES string of the molecule is O=C1Nc2cccc3nccc(c23)N1Cc1ccc(Cl)c(Cl)c1. The molecule has 0 unspecified atom stereocenters. The molecule has 1 aliphatic rings. The molecule has 0 bridgehead atoms. The minimum Gasteiger partial charge on any atom is -0.307 e. The highest BCUT2D eigenvalue weighted by Gasteiger charge is 2.25. The van der Waals surface area contributed by atoms with E-state index >= 15 is 0 Å². The molecule has 0 saturated carbocycles. The average molecular weight is 344 g/mol. The molecule has 23 heavy (non-hydrogen) atoms. The van der Waals surface area contributed by atoms with Crippen molar-refractivity contribution in [2.45, 2.75) is 6.54 Å². The van der Waals surface area contributed by atoms with Gasteiger partial charge in [-0.2, -0.15) is 0 Å². The summed E-state index contributed by atoms with van der Waals surface area (Å²) in [5, 5.41) is 4.82. The predicted octanol–water partition coefficient (Wildman–Crippen LogP) is 5.09. The van der Waals surface area contributed by atoms with E-state index in [0.29, 0.717) is 16.6 Å². The number of nitrogens with one attached hydrogen (secondary N) is 1. The number of anilines is 2. The van der Waals surface area contributed by atoms with E-state index in [2.05, 4.69) is 10.3 Å². The molecule has 1 aliphatic heterocycles. The fraction of sp³-hybridized carbons (Fsp3) is 0.0588. The third-order valence-corrected chi connectivity index (χ3v) is 4.59. The maximum absolute atomic E-state index is 12.5. The number of amides is 2. The Balaban J connectivity index is 1.81. The predicted molar refractivity (Wildman–Crippen MR) is 93.4 cm³/mol. The molecule has 2 aromatic carbocycles. The summed E-state index contributed by atoms with van der Waals surface area (Å²) >= 11 is 12.0. The fourth-order valence-electron chi connectivity index (χ4n) is 2.79. The van der Waals surface area contributed by atoms with Gasteiger partial charge in [0.05, 0.1) is 33.5 Å². The van der Waals surface area contributed by atoms with Crippen molar-refractivity contribution in [1.82, 2.24) is 4.98 Å². The van der Waals surface area contributed by atoms with Crippen molar-refractivity contribution >= 4 is 51.5 Å². The first-order valence-electron chi connectivity index (χ1n) is 7.03. The highest BCUT2D eigenvalue weighted by Crippen LogP contribution is 2.36. The summed E-state index contributed by atoms with van der Waals surface area (Å²) in [5.74, 6) is 0. The number of rotatable bonds is 2. The van der Waals surface area contributed by atoms with Crippen LogP contribution in [-0.4, -0.2) is 11.0 Å². The highest BCUT2D eigenvalue weighted by atomic mass is 35.5. The summed E-state index contributed by atoms with van der Waals surface area (Å²) in [7, 11) is 0. The molecule has 0 saturated heterocycles. The van der Waals surface area contributed by atoms with Crippen molar-refractivity contribution in [3.63, 3.8) is 0 Å². The lowest BCUT2D eigenvalue weighted by molar-refractivity contribution is 0.256. The second-order valence-electron chi connectivity index (χ2n) is 5.29. The zero-order valence-electron chi connectivity index (χ0n) is 11.9. The van der Waals surface area contributed by atoms with E-state index in [1.807, 2.05) is 30.3 Å². The van der Waals surface area contributed by atoms with Gasteiger partial charge >= 0.3 is 6.03 Å². The Morgan fingerprint density at radius 3 is 2.78 bits per heavy atom. The van der Waals surface area contributed by atoms with E-state index in [1.54, 1.807) is 23.2 Å². The number of hydrogen-bond donors (Lipinski definition) is 1. The summed E-state index contributed by atoms with van der Waals surface area (Å²) in [6.07, 6.45) is 1.71. The lowest BCUT2D eigenvalue weighted by atomic mass is 10.1. The summed E-state index contributed by atoms with van der Waals surface area (Å²) in [6.45, 7) is 0.399. The minimum atomic E-state index is -0.178. The molecule has 4 rings (SSSR count). The molecule has 0 fully saturated rings. The van der Waals surface area contributed by atoms with Crippen LogP contribution in [0.2, 0.25) is 10.0 Å². The molecule has 1 N–H and O–H groups in total. The van der Waals surface area contributed by atoms with Crippen LogP contribution in [0.15, 0.2) is 48.7 Å². The standard InChI is InChI=1S/C17H11Cl2N3O/c18-11-5-4-10(8-12(11)19)9-22-15-6-7-20-13-2-1-3-14(16(13)15)21-17(22)23/h1-8H,9H2,(H,21,23). The quantitative estimate of drug-likeness (QED) is 0.703. The van der Waals surface area contributed by atoms with Crippen molar-refractivity contribution in [3.05, 3.63) is 64.3 Å².